The second-order valence-electron chi connectivity index (χ2n) is 1.93. The molecule has 1 unspecified atom stereocenters. The van der Waals surface area contributed by atoms with Crippen LogP contribution < -0.4 is 5.73 Å². The first-order valence-corrected chi connectivity index (χ1v) is 4.05. The summed E-state index contributed by atoms with van der Waals surface area (Å²) in [6.07, 6.45) is 1.06. The fourth-order valence-corrected chi connectivity index (χ4v) is 1.29. The summed E-state index contributed by atoms with van der Waals surface area (Å²) in [5, 5.41) is 5.95. The van der Waals surface area contributed by atoms with Crippen LogP contribution in [0.4, 0.5) is 0 Å². The van der Waals surface area contributed by atoms with Crippen molar-refractivity contribution in [3.63, 3.8) is 0 Å². The van der Waals surface area contributed by atoms with Crippen LogP contribution in [0.2, 0.25) is 0 Å². The molecular weight excluding hydrogens is 134 g/mol. The molecule has 0 aromatic rings. The van der Waals surface area contributed by atoms with Crippen molar-refractivity contribution in [3.8, 4) is 0 Å². The van der Waals surface area contributed by atoms with Gasteiger partial charge in [0.15, 0.2) is 0 Å². The zero-order valence-electron chi connectivity index (χ0n) is 5.45. The highest BCUT2D eigenvalue weighted by Crippen LogP contribution is 2.12. The Labute approximate surface area is 59.3 Å². The molecule has 0 bridgehead atoms. The highest BCUT2D eigenvalue weighted by molar-refractivity contribution is 8.12. The van der Waals surface area contributed by atoms with Crippen molar-refractivity contribution >= 4 is 17.3 Å². The summed E-state index contributed by atoms with van der Waals surface area (Å²) in [7, 11) is 0. The molecular formula is C5H11N3S. The summed E-state index contributed by atoms with van der Waals surface area (Å²) < 4.78 is 0. The lowest BCUT2D eigenvalue weighted by Gasteiger charge is -2.19. The van der Waals surface area contributed by atoms with Crippen LogP contribution in [0.5, 0.6) is 0 Å². The maximum absolute atomic E-state index is 5.68. The van der Waals surface area contributed by atoms with Gasteiger partial charge in [-0.15, -0.1) is 0 Å². The highest BCUT2D eigenvalue weighted by Gasteiger charge is 2.11. The summed E-state index contributed by atoms with van der Waals surface area (Å²) in [6, 6.07) is 0. The number of thioether (sulfide) groups is 1. The zero-order chi connectivity index (χ0) is 6.69. The van der Waals surface area contributed by atoms with Gasteiger partial charge in [0.1, 0.15) is 0 Å². The topological polar surface area (TPSA) is 41.6 Å². The third-order valence-corrected chi connectivity index (χ3v) is 1.93. The Bertz CT molecular complexity index is 115. The van der Waals surface area contributed by atoms with Crippen LogP contribution in [0.3, 0.4) is 0 Å². The van der Waals surface area contributed by atoms with E-state index in [1.165, 1.54) is 0 Å². The number of hydrogen-bond acceptors (Lipinski definition) is 4. The average molecular weight is 145 g/mol. The van der Waals surface area contributed by atoms with Gasteiger partial charge in [-0.05, 0) is 6.42 Å². The van der Waals surface area contributed by atoms with Crippen LogP contribution in [-0.4, -0.2) is 22.6 Å². The van der Waals surface area contributed by atoms with E-state index in [1.54, 1.807) is 11.8 Å². The standard InChI is InChI=1S/C5H11N3S/c1-2-5(6)8-4-9-3-7-8/h3,5H,2,4,6H2,1H3. The molecule has 3 nitrogen and oxygen atoms in total. The Hall–Kier alpha value is -0.220. The van der Waals surface area contributed by atoms with Crippen molar-refractivity contribution in [2.75, 3.05) is 5.88 Å². The van der Waals surface area contributed by atoms with Crippen LogP contribution >= 0.6 is 11.8 Å². The molecule has 0 aliphatic carbocycles. The maximum atomic E-state index is 5.68. The molecule has 0 aromatic carbocycles. The molecule has 0 saturated heterocycles. The van der Waals surface area contributed by atoms with E-state index in [0.29, 0.717) is 0 Å². The molecule has 0 radical (unpaired) electrons. The van der Waals surface area contributed by atoms with Crippen molar-refractivity contribution in [3.05, 3.63) is 0 Å². The summed E-state index contributed by atoms with van der Waals surface area (Å²) in [6.45, 7) is 2.06. The maximum Gasteiger partial charge on any atom is 0.0947 e. The molecule has 4 heteroatoms. The van der Waals surface area contributed by atoms with E-state index in [-0.39, 0.29) is 6.17 Å². The minimum Gasteiger partial charge on any atom is -0.310 e. The number of nitrogens with zero attached hydrogens (tertiary/aromatic N) is 2. The van der Waals surface area contributed by atoms with Crippen molar-refractivity contribution in [1.82, 2.24) is 5.01 Å². The minimum absolute atomic E-state index is 0.108. The first-order valence-electron chi connectivity index (χ1n) is 3.01. The second kappa shape index (κ2) is 3.08. The van der Waals surface area contributed by atoms with Gasteiger partial charge in [-0.1, -0.05) is 18.7 Å². The van der Waals surface area contributed by atoms with Gasteiger partial charge in [-0.2, -0.15) is 5.10 Å². The van der Waals surface area contributed by atoms with Gasteiger partial charge in [-0.3, -0.25) is 5.01 Å². The van der Waals surface area contributed by atoms with Crippen LogP contribution in [-0.2, 0) is 0 Å². The number of hydrogen-bond donors (Lipinski definition) is 1. The molecule has 0 spiro atoms. The van der Waals surface area contributed by atoms with Crippen molar-refractivity contribution < 1.29 is 0 Å². The summed E-state index contributed by atoms with van der Waals surface area (Å²) in [4.78, 5) is 0. The third kappa shape index (κ3) is 1.59. The Balaban J connectivity index is 2.33. The number of rotatable bonds is 2. The summed E-state index contributed by atoms with van der Waals surface area (Å²) >= 11 is 1.68. The fourth-order valence-electron chi connectivity index (χ4n) is 0.629. The fraction of sp³-hybridized carbons (Fsp3) is 0.800. The van der Waals surface area contributed by atoms with Gasteiger partial charge in [-0.25, -0.2) is 0 Å². The summed E-state index contributed by atoms with van der Waals surface area (Å²) in [5.41, 5.74) is 7.51. The van der Waals surface area contributed by atoms with Crippen LogP contribution in [0.1, 0.15) is 13.3 Å². The smallest absolute Gasteiger partial charge is 0.0947 e. The van der Waals surface area contributed by atoms with Gasteiger partial charge in [0.2, 0.25) is 0 Å². The first kappa shape index (κ1) is 6.89. The molecule has 0 amide bonds. The van der Waals surface area contributed by atoms with Gasteiger partial charge >= 0.3 is 0 Å². The van der Waals surface area contributed by atoms with Gasteiger partial charge in [0, 0.05) is 0 Å². The van der Waals surface area contributed by atoms with E-state index in [4.69, 9.17) is 5.73 Å². The lowest BCUT2D eigenvalue weighted by atomic mass is 10.4. The molecule has 0 saturated carbocycles. The van der Waals surface area contributed by atoms with E-state index in [9.17, 15) is 0 Å². The molecule has 1 heterocycles. The van der Waals surface area contributed by atoms with Crippen molar-refractivity contribution in [1.29, 1.82) is 0 Å². The number of hydrazone groups is 1. The Morgan fingerprint density at radius 3 is 3.22 bits per heavy atom. The SMILES string of the molecule is CCC(N)N1CSC=N1. The van der Waals surface area contributed by atoms with E-state index in [1.807, 2.05) is 10.6 Å². The Kier molecular flexibility index (Phi) is 2.36. The van der Waals surface area contributed by atoms with E-state index in [0.717, 1.165) is 12.3 Å². The molecule has 52 valence electrons. The van der Waals surface area contributed by atoms with Crippen LogP contribution in [0, 0.1) is 0 Å². The normalized spacial score (nSPS) is 20.9. The van der Waals surface area contributed by atoms with E-state index in [2.05, 4.69) is 12.0 Å². The molecule has 1 atom stereocenters. The molecule has 2 N–H and O–H groups in total. The summed E-state index contributed by atoms with van der Waals surface area (Å²) in [5.74, 6) is 0.912. The second-order valence-corrected chi connectivity index (χ2v) is 2.73. The predicted molar refractivity (Wildman–Crippen MR) is 41.1 cm³/mol. The first-order chi connectivity index (χ1) is 4.34. The average Bonchev–Trinajstić information content (AvgIpc) is 2.37. The molecule has 1 aliphatic rings. The third-order valence-electron chi connectivity index (χ3n) is 1.28. The minimum atomic E-state index is 0.108. The van der Waals surface area contributed by atoms with Gasteiger partial charge < -0.3 is 5.73 Å². The quantitative estimate of drug-likeness (QED) is 0.619. The molecule has 0 fully saturated rings. The van der Waals surface area contributed by atoms with Crippen LogP contribution in [0.25, 0.3) is 0 Å². The largest absolute Gasteiger partial charge is 0.310 e. The van der Waals surface area contributed by atoms with Crippen molar-refractivity contribution in [2.24, 2.45) is 10.8 Å². The highest BCUT2D eigenvalue weighted by atomic mass is 32.2. The zero-order valence-corrected chi connectivity index (χ0v) is 6.27. The number of nitrogens with two attached hydrogens (primary N) is 1. The molecule has 9 heavy (non-hydrogen) atoms. The Morgan fingerprint density at radius 2 is 2.78 bits per heavy atom. The van der Waals surface area contributed by atoms with E-state index >= 15 is 0 Å². The van der Waals surface area contributed by atoms with E-state index < -0.39 is 0 Å². The lowest BCUT2D eigenvalue weighted by molar-refractivity contribution is 0.248. The predicted octanol–water partition coefficient (Wildman–Crippen LogP) is 0.631. The molecule has 1 rings (SSSR count). The molecule has 0 aromatic heterocycles. The van der Waals surface area contributed by atoms with Gasteiger partial charge in [0.05, 0.1) is 17.6 Å². The monoisotopic (exact) mass is 145 g/mol. The Morgan fingerprint density at radius 1 is 2.00 bits per heavy atom. The molecule has 1 aliphatic heterocycles. The lowest BCUT2D eigenvalue weighted by Crippen LogP contribution is -2.35. The van der Waals surface area contributed by atoms with Crippen molar-refractivity contribution in [2.45, 2.75) is 19.5 Å². The van der Waals surface area contributed by atoms with Gasteiger partial charge in [0.25, 0.3) is 0 Å². The van der Waals surface area contributed by atoms with Crippen LogP contribution in [0.15, 0.2) is 5.10 Å².